The largest absolute Gasteiger partial charge is 0.326 e. The molecule has 0 spiro atoms. The lowest BCUT2D eigenvalue weighted by molar-refractivity contribution is -0.121. The van der Waals surface area contributed by atoms with Crippen molar-refractivity contribution in [2.24, 2.45) is 5.92 Å². The van der Waals surface area contributed by atoms with E-state index in [4.69, 9.17) is 23.2 Å². The molecule has 1 fully saturated rings. The van der Waals surface area contributed by atoms with E-state index in [0.29, 0.717) is 15.7 Å². The number of carbonyl (C=O) groups excluding carboxylic acids is 1. The van der Waals surface area contributed by atoms with Crippen LogP contribution in [0.4, 0.5) is 11.4 Å². The van der Waals surface area contributed by atoms with Gasteiger partial charge in [-0.2, -0.15) is 0 Å². The predicted molar refractivity (Wildman–Crippen MR) is 137 cm³/mol. The van der Waals surface area contributed by atoms with E-state index in [-0.39, 0.29) is 22.4 Å². The van der Waals surface area contributed by atoms with Gasteiger partial charge < -0.3 is 5.32 Å². The number of piperidine rings is 1. The van der Waals surface area contributed by atoms with E-state index in [1.54, 1.807) is 12.1 Å². The van der Waals surface area contributed by atoms with E-state index >= 15 is 0 Å². The van der Waals surface area contributed by atoms with Crippen molar-refractivity contribution >= 4 is 50.5 Å². The number of benzene rings is 3. The van der Waals surface area contributed by atoms with Crippen LogP contribution in [0.2, 0.25) is 10.0 Å². The summed E-state index contributed by atoms with van der Waals surface area (Å²) in [4.78, 5) is 15.2. The van der Waals surface area contributed by atoms with E-state index in [1.807, 2.05) is 18.2 Å². The summed E-state index contributed by atoms with van der Waals surface area (Å²) in [5.74, 6) is -0.105. The van der Waals surface area contributed by atoms with Gasteiger partial charge in [-0.25, -0.2) is 8.42 Å². The molecule has 4 rings (SSSR count). The molecular weight excluding hydrogens is 493 g/mol. The molecule has 0 radical (unpaired) electrons. The molecule has 1 saturated heterocycles. The van der Waals surface area contributed by atoms with Crippen molar-refractivity contribution in [3.8, 4) is 0 Å². The monoisotopic (exact) mass is 517 g/mol. The first-order chi connectivity index (χ1) is 16.3. The number of sulfonamides is 1. The Labute approximate surface area is 209 Å². The summed E-state index contributed by atoms with van der Waals surface area (Å²) in [7, 11) is -3.83. The third-order valence-electron chi connectivity index (χ3n) is 5.75. The number of hydrogen-bond donors (Lipinski definition) is 2. The maximum Gasteiger partial charge on any atom is 0.261 e. The molecule has 3 aromatic rings. The fourth-order valence-electron chi connectivity index (χ4n) is 3.98. The minimum absolute atomic E-state index is 0.0401. The van der Waals surface area contributed by atoms with Crippen LogP contribution in [0.3, 0.4) is 0 Å². The summed E-state index contributed by atoms with van der Waals surface area (Å²) >= 11 is 11.9. The highest BCUT2D eigenvalue weighted by Gasteiger charge is 2.25. The summed E-state index contributed by atoms with van der Waals surface area (Å²) in [5.41, 5.74) is 2.10. The lowest BCUT2D eigenvalue weighted by atomic mass is 9.95. The fraction of sp³-hybridized carbons (Fsp3) is 0.240. The molecule has 178 valence electrons. The van der Waals surface area contributed by atoms with E-state index in [2.05, 4.69) is 27.1 Å². The average Bonchev–Trinajstić information content (AvgIpc) is 2.79. The Balaban J connectivity index is 1.31. The second-order valence-electron chi connectivity index (χ2n) is 8.31. The van der Waals surface area contributed by atoms with E-state index in [9.17, 15) is 13.2 Å². The van der Waals surface area contributed by atoms with E-state index in [0.717, 1.165) is 32.5 Å². The van der Waals surface area contributed by atoms with Crippen molar-refractivity contribution < 1.29 is 13.2 Å². The van der Waals surface area contributed by atoms with Crippen LogP contribution >= 0.6 is 23.2 Å². The molecule has 1 aliphatic rings. The molecule has 0 aliphatic carbocycles. The SMILES string of the molecule is O=C(Nc1ccc(S(=O)(=O)Nc2cc(Cl)cc(Cl)c2)cc1)C1CCN(Cc2ccccc2)CC1. The molecule has 9 heteroatoms. The molecule has 2 N–H and O–H groups in total. The molecule has 3 aromatic carbocycles. The third kappa shape index (κ3) is 6.51. The summed E-state index contributed by atoms with van der Waals surface area (Å²) in [6.45, 7) is 2.62. The van der Waals surface area contributed by atoms with Crippen LogP contribution in [0.5, 0.6) is 0 Å². The Morgan fingerprint density at radius 1 is 0.882 bits per heavy atom. The molecule has 0 aromatic heterocycles. The normalized spacial score (nSPS) is 15.1. The maximum absolute atomic E-state index is 12.7. The number of carbonyl (C=O) groups is 1. The van der Waals surface area contributed by atoms with Crippen molar-refractivity contribution in [2.75, 3.05) is 23.1 Å². The standard InChI is InChI=1S/C25H25Cl2N3O3S/c26-20-14-21(27)16-23(15-20)29-34(32,33)24-8-6-22(7-9-24)28-25(31)19-10-12-30(13-11-19)17-18-4-2-1-3-5-18/h1-9,14-16,19,29H,10-13,17H2,(H,28,31). The molecule has 0 saturated carbocycles. The minimum Gasteiger partial charge on any atom is -0.326 e. The molecule has 1 heterocycles. The lowest BCUT2D eigenvalue weighted by Gasteiger charge is -2.31. The lowest BCUT2D eigenvalue weighted by Crippen LogP contribution is -2.37. The maximum atomic E-state index is 12.7. The number of halogens is 2. The summed E-state index contributed by atoms with van der Waals surface area (Å²) < 4.78 is 27.8. The molecular formula is C25H25Cl2N3O3S. The first kappa shape index (κ1) is 24.5. The molecule has 1 aliphatic heterocycles. The number of nitrogens with one attached hydrogen (secondary N) is 2. The average molecular weight is 518 g/mol. The van der Waals surface area contributed by atoms with Crippen molar-refractivity contribution in [1.82, 2.24) is 4.90 Å². The van der Waals surface area contributed by atoms with E-state index in [1.165, 1.54) is 35.9 Å². The zero-order chi connectivity index (χ0) is 24.1. The van der Waals surface area contributed by atoms with Gasteiger partial charge in [-0.05, 0) is 74.0 Å². The zero-order valence-corrected chi connectivity index (χ0v) is 20.7. The van der Waals surface area contributed by atoms with Gasteiger partial charge in [0.1, 0.15) is 0 Å². The molecule has 34 heavy (non-hydrogen) atoms. The zero-order valence-electron chi connectivity index (χ0n) is 18.4. The molecule has 0 bridgehead atoms. The van der Waals surface area contributed by atoms with Gasteiger partial charge in [-0.3, -0.25) is 14.4 Å². The second-order valence-corrected chi connectivity index (χ2v) is 10.9. The van der Waals surface area contributed by atoms with Gasteiger partial charge in [-0.1, -0.05) is 53.5 Å². The Bertz CT molecular complexity index is 1220. The third-order valence-corrected chi connectivity index (χ3v) is 7.59. The molecule has 0 unspecified atom stereocenters. The van der Waals surface area contributed by atoms with Crippen LogP contribution < -0.4 is 10.0 Å². The Morgan fingerprint density at radius 2 is 1.50 bits per heavy atom. The summed E-state index contributed by atoms with van der Waals surface area (Å²) in [6, 6.07) is 20.9. The second kappa shape index (κ2) is 10.8. The summed E-state index contributed by atoms with van der Waals surface area (Å²) in [5, 5.41) is 3.57. The Hall–Kier alpha value is -2.58. The number of likely N-dealkylation sites (tertiary alicyclic amines) is 1. The van der Waals surface area contributed by atoms with Gasteiger partial charge in [0, 0.05) is 28.2 Å². The van der Waals surface area contributed by atoms with Gasteiger partial charge >= 0.3 is 0 Å². The highest BCUT2D eigenvalue weighted by Crippen LogP contribution is 2.26. The van der Waals surface area contributed by atoms with Crippen LogP contribution in [0, 0.1) is 5.92 Å². The van der Waals surface area contributed by atoms with Crippen LogP contribution in [-0.2, 0) is 21.4 Å². The van der Waals surface area contributed by atoms with E-state index < -0.39 is 10.0 Å². The highest BCUT2D eigenvalue weighted by atomic mass is 35.5. The van der Waals surface area contributed by atoms with Crippen molar-refractivity contribution in [3.63, 3.8) is 0 Å². The highest BCUT2D eigenvalue weighted by molar-refractivity contribution is 7.92. The number of amides is 1. The number of rotatable bonds is 7. The van der Waals surface area contributed by atoms with Crippen LogP contribution in [0.1, 0.15) is 18.4 Å². The number of anilines is 2. The Kier molecular flexibility index (Phi) is 7.78. The Morgan fingerprint density at radius 3 is 2.12 bits per heavy atom. The minimum atomic E-state index is -3.83. The topological polar surface area (TPSA) is 78.5 Å². The van der Waals surface area contributed by atoms with Gasteiger partial charge in [-0.15, -0.1) is 0 Å². The van der Waals surface area contributed by atoms with Gasteiger partial charge in [0.15, 0.2) is 0 Å². The molecule has 0 atom stereocenters. The molecule has 6 nitrogen and oxygen atoms in total. The molecule has 1 amide bonds. The first-order valence-electron chi connectivity index (χ1n) is 10.9. The van der Waals surface area contributed by atoms with Crippen molar-refractivity contribution in [2.45, 2.75) is 24.3 Å². The van der Waals surface area contributed by atoms with Gasteiger partial charge in [0.2, 0.25) is 5.91 Å². The number of nitrogens with zero attached hydrogens (tertiary/aromatic N) is 1. The smallest absolute Gasteiger partial charge is 0.261 e. The van der Waals surface area contributed by atoms with Crippen molar-refractivity contribution in [3.05, 3.63) is 88.4 Å². The van der Waals surface area contributed by atoms with Crippen LogP contribution in [0.15, 0.2) is 77.7 Å². The van der Waals surface area contributed by atoms with Crippen molar-refractivity contribution in [1.29, 1.82) is 0 Å². The fourth-order valence-corrected chi connectivity index (χ4v) is 5.55. The number of hydrogen-bond acceptors (Lipinski definition) is 4. The van der Waals surface area contributed by atoms with Gasteiger partial charge in [0.05, 0.1) is 10.6 Å². The quantitative estimate of drug-likeness (QED) is 0.424. The van der Waals surface area contributed by atoms with Gasteiger partial charge in [0.25, 0.3) is 10.0 Å². The summed E-state index contributed by atoms with van der Waals surface area (Å²) in [6.07, 6.45) is 1.58. The van der Waals surface area contributed by atoms with Crippen LogP contribution in [-0.4, -0.2) is 32.3 Å². The predicted octanol–water partition coefficient (Wildman–Crippen LogP) is 5.64. The van der Waals surface area contributed by atoms with Crippen LogP contribution in [0.25, 0.3) is 0 Å². The first-order valence-corrected chi connectivity index (χ1v) is 13.2.